The normalized spacial score (nSPS) is 12.1. The molecule has 1 aromatic heterocycles. The van der Waals surface area contributed by atoms with Crippen molar-refractivity contribution >= 4 is 86.3 Å². The summed E-state index contributed by atoms with van der Waals surface area (Å²) in [4.78, 5) is 0. The molecule has 0 saturated heterocycles. The van der Waals surface area contributed by atoms with Crippen LogP contribution in [0, 0.1) is 0 Å². The van der Waals surface area contributed by atoms with Crippen LogP contribution in [0.25, 0.3) is 126 Å². The van der Waals surface area contributed by atoms with Crippen molar-refractivity contribution in [1.29, 1.82) is 0 Å². The van der Waals surface area contributed by atoms with Gasteiger partial charge in [-0.3, -0.25) is 0 Å². The van der Waals surface area contributed by atoms with Gasteiger partial charge in [0.25, 0.3) is 0 Å². The average molecular weight is 746 g/mol. The number of nitrogens with zero attached hydrogens (tertiary/aromatic N) is 1. The standard InChI is InChI=1S/C58H35N/c1-2-18-45(19-3-1)59-53(35-52-48-22-10-16-38-26-27-39-17-11-23-50(58(52)59)57(39)56(38)48)42-30-31-49-51(34-42)55(44-29-25-37-13-5-7-15-41(37)33-44)47-21-9-8-20-46(47)54(49)43-28-24-36-12-4-6-14-40(36)32-43/h1-35H. The summed E-state index contributed by atoms with van der Waals surface area (Å²) < 4.78 is 2.51. The first kappa shape index (κ1) is 32.4. The number of hydrogen-bond donors (Lipinski definition) is 0. The van der Waals surface area contributed by atoms with Gasteiger partial charge in [-0.25, -0.2) is 0 Å². The summed E-state index contributed by atoms with van der Waals surface area (Å²) in [6.45, 7) is 0. The molecule has 1 nitrogen and oxygen atoms in total. The minimum Gasteiger partial charge on any atom is -0.309 e. The molecule has 0 aliphatic carbocycles. The van der Waals surface area contributed by atoms with Crippen LogP contribution in [0.15, 0.2) is 212 Å². The number of para-hydroxylation sites is 1. The summed E-state index contributed by atoms with van der Waals surface area (Å²) in [6.07, 6.45) is 0. The number of aromatic nitrogens is 1. The van der Waals surface area contributed by atoms with E-state index in [0.29, 0.717) is 0 Å². The predicted molar refractivity (Wildman–Crippen MR) is 253 cm³/mol. The summed E-state index contributed by atoms with van der Waals surface area (Å²) in [5, 5.41) is 19.0. The lowest BCUT2D eigenvalue weighted by Crippen LogP contribution is -1.98. The second kappa shape index (κ2) is 12.4. The van der Waals surface area contributed by atoms with Gasteiger partial charge < -0.3 is 4.57 Å². The predicted octanol–water partition coefficient (Wildman–Crippen LogP) is 16.1. The van der Waals surface area contributed by atoms with E-state index in [0.717, 1.165) is 5.69 Å². The molecule has 0 saturated carbocycles. The Morgan fingerprint density at radius 1 is 0.254 bits per heavy atom. The Hall–Kier alpha value is -7.74. The van der Waals surface area contributed by atoms with Crippen LogP contribution in [0.3, 0.4) is 0 Å². The molecule has 1 heterocycles. The molecular formula is C58H35N. The summed E-state index contributed by atoms with van der Waals surface area (Å²) in [6, 6.07) is 79.0. The highest BCUT2D eigenvalue weighted by Crippen LogP contribution is 2.48. The SMILES string of the molecule is c1ccc(-n2c(-c3ccc4c(-c5ccc6ccccc6c5)c5ccccc5c(-c5ccc6ccccc6c5)c4c3)cc3c4cccc5ccc6cccc(c6c54)c32)cc1. The average Bonchev–Trinajstić information content (AvgIpc) is 3.71. The number of benzene rings is 12. The van der Waals surface area contributed by atoms with Gasteiger partial charge in [0.05, 0.1) is 11.2 Å². The van der Waals surface area contributed by atoms with Crippen LogP contribution >= 0.6 is 0 Å². The van der Waals surface area contributed by atoms with E-state index in [2.05, 4.69) is 217 Å². The fourth-order valence-corrected chi connectivity index (χ4v) is 10.3. The molecule has 13 rings (SSSR count). The quantitative estimate of drug-likeness (QED) is 0.125. The lowest BCUT2D eigenvalue weighted by molar-refractivity contribution is 1.14. The molecule has 272 valence electrons. The molecule has 0 fully saturated rings. The van der Waals surface area contributed by atoms with Crippen molar-refractivity contribution in [1.82, 2.24) is 4.57 Å². The van der Waals surface area contributed by atoms with Crippen LogP contribution in [0.4, 0.5) is 0 Å². The zero-order valence-electron chi connectivity index (χ0n) is 32.2. The van der Waals surface area contributed by atoms with Crippen LogP contribution in [-0.4, -0.2) is 4.57 Å². The Balaban J connectivity index is 1.18. The highest BCUT2D eigenvalue weighted by atomic mass is 15.0. The van der Waals surface area contributed by atoms with Crippen molar-refractivity contribution in [3.63, 3.8) is 0 Å². The molecule has 0 bridgehead atoms. The van der Waals surface area contributed by atoms with E-state index in [1.165, 1.54) is 120 Å². The van der Waals surface area contributed by atoms with Crippen LogP contribution < -0.4 is 0 Å². The topological polar surface area (TPSA) is 4.93 Å². The maximum absolute atomic E-state index is 2.51. The van der Waals surface area contributed by atoms with E-state index in [1.54, 1.807) is 0 Å². The van der Waals surface area contributed by atoms with Crippen LogP contribution in [0.5, 0.6) is 0 Å². The number of rotatable bonds is 4. The highest BCUT2D eigenvalue weighted by Gasteiger charge is 2.23. The second-order valence-corrected chi connectivity index (χ2v) is 16.0. The molecule has 0 amide bonds. The van der Waals surface area contributed by atoms with Crippen molar-refractivity contribution in [2.75, 3.05) is 0 Å². The molecular weight excluding hydrogens is 711 g/mol. The Morgan fingerprint density at radius 2 is 0.729 bits per heavy atom. The Bertz CT molecular complexity index is 3830. The van der Waals surface area contributed by atoms with E-state index in [-0.39, 0.29) is 0 Å². The molecule has 0 aliphatic heterocycles. The lowest BCUT2D eigenvalue weighted by Gasteiger charge is -2.20. The molecule has 0 unspecified atom stereocenters. The maximum atomic E-state index is 2.51. The fourth-order valence-electron chi connectivity index (χ4n) is 10.3. The van der Waals surface area contributed by atoms with Gasteiger partial charge in [0.1, 0.15) is 0 Å². The van der Waals surface area contributed by atoms with Crippen molar-refractivity contribution in [3.05, 3.63) is 212 Å². The third kappa shape index (κ3) is 4.73. The van der Waals surface area contributed by atoms with E-state index < -0.39 is 0 Å². The first-order chi connectivity index (χ1) is 29.3. The first-order valence-electron chi connectivity index (χ1n) is 20.5. The summed E-state index contributed by atoms with van der Waals surface area (Å²) in [7, 11) is 0. The summed E-state index contributed by atoms with van der Waals surface area (Å²) in [5.41, 5.74) is 9.73. The molecule has 0 radical (unpaired) electrons. The van der Waals surface area contributed by atoms with Crippen molar-refractivity contribution in [3.8, 4) is 39.2 Å². The third-order valence-corrected chi connectivity index (χ3v) is 12.8. The molecule has 0 N–H and O–H groups in total. The van der Waals surface area contributed by atoms with Crippen LogP contribution in [-0.2, 0) is 0 Å². The minimum atomic E-state index is 1.15. The molecule has 1 heteroatoms. The monoisotopic (exact) mass is 745 g/mol. The van der Waals surface area contributed by atoms with Crippen LogP contribution in [0.1, 0.15) is 0 Å². The van der Waals surface area contributed by atoms with Gasteiger partial charge in [-0.05, 0) is 134 Å². The number of hydrogen-bond acceptors (Lipinski definition) is 0. The fraction of sp³-hybridized carbons (Fsp3) is 0. The highest BCUT2D eigenvalue weighted by molar-refractivity contribution is 6.34. The summed E-state index contributed by atoms with van der Waals surface area (Å²) >= 11 is 0. The molecule has 0 spiro atoms. The Labute approximate surface area is 341 Å². The van der Waals surface area contributed by atoms with E-state index in [4.69, 9.17) is 0 Å². The minimum absolute atomic E-state index is 1.15. The van der Waals surface area contributed by atoms with Crippen LogP contribution in [0.2, 0.25) is 0 Å². The van der Waals surface area contributed by atoms with Gasteiger partial charge in [-0.1, -0.05) is 176 Å². The van der Waals surface area contributed by atoms with Crippen molar-refractivity contribution in [2.24, 2.45) is 0 Å². The Morgan fingerprint density at radius 3 is 1.39 bits per heavy atom. The van der Waals surface area contributed by atoms with E-state index >= 15 is 0 Å². The maximum Gasteiger partial charge on any atom is 0.0620 e. The zero-order chi connectivity index (χ0) is 38.6. The molecule has 0 atom stereocenters. The molecule has 0 aliphatic rings. The first-order valence-corrected chi connectivity index (χ1v) is 20.5. The van der Waals surface area contributed by atoms with Gasteiger partial charge in [-0.15, -0.1) is 0 Å². The number of fused-ring (bicyclic) bond motifs is 7. The molecule has 59 heavy (non-hydrogen) atoms. The van der Waals surface area contributed by atoms with E-state index in [9.17, 15) is 0 Å². The smallest absolute Gasteiger partial charge is 0.0620 e. The van der Waals surface area contributed by atoms with Gasteiger partial charge in [-0.2, -0.15) is 0 Å². The van der Waals surface area contributed by atoms with Gasteiger partial charge in [0.15, 0.2) is 0 Å². The third-order valence-electron chi connectivity index (χ3n) is 12.8. The van der Waals surface area contributed by atoms with E-state index in [1.807, 2.05) is 0 Å². The van der Waals surface area contributed by atoms with Gasteiger partial charge in [0, 0.05) is 16.5 Å². The van der Waals surface area contributed by atoms with Gasteiger partial charge >= 0.3 is 0 Å². The Kier molecular flexibility index (Phi) is 6.79. The molecule has 13 aromatic rings. The van der Waals surface area contributed by atoms with Gasteiger partial charge in [0.2, 0.25) is 0 Å². The second-order valence-electron chi connectivity index (χ2n) is 16.0. The lowest BCUT2D eigenvalue weighted by atomic mass is 9.84. The largest absolute Gasteiger partial charge is 0.309 e. The summed E-state index contributed by atoms with van der Waals surface area (Å²) in [5.74, 6) is 0. The van der Waals surface area contributed by atoms with Crippen molar-refractivity contribution < 1.29 is 0 Å². The zero-order valence-corrected chi connectivity index (χ0v) is 32.2. The van der Waals surface area contributed by atoms with Crippen molar-refractivity contribution in [2.45, 2.75) is 0 Å². The molecule has 12 aromatic carbocycles.